The molecule has 0 atom stereocenters. The van der Waals surface area contributed by atoms with Gasteiger partial charge >= 0.3 is 0 Å². The van der Waals surface area contributed by atoms with Gasteiger partial charge in [0.25, 0.3) is 5.56 Å². The maximum Gasteiger partial charge on any atom is 0.262 e. The van der Waals surface area contributed by atoms with Gasteiger partial charge in [-0.15, -0.1) is 0 Å². The standard InChI is InChI=1S/C19H23N3O4S/c23-17(20-12-5-2-1-3-6-12)7-4-8-22-18(24)13-9-15-16(26-11-25-15)10-14(13)21-19(22)27/h9-10,12H,1-8,11H2,(H,20,23)(H,21,27). The molecular weight excluding hydrogens is 366 g/mol. The molecule has 144 valence electrons. The minimum Gasteiger partial charge on any atom is -0.454 e. The van der Waals surface area contributed by atoms with Gasteiger partial charge in [0.05, 0.1) is 10.9 Å². The van der Waals surface area contributed by atoms with E-state index in [2.05, 4.69) is 10.3 Å². The lowest BCUT2D eigenvalue weighted by Gasteiger charge is -2.22. The second kappa shape index (κ2) is 7.72. The first kappa shape index (κ1) is 18.0. The average molecular weight is 389 g/mol. The number of aromatic amines is 1. The summed E-state index contributed by atoms with van der Waals surface area (Å²) in [6.07, 6.45) is 6.71. The lowest BCUT2D eigenvalue weighted by atomic mass is 9.95. The molecule has 7 nitrogen and oxygen atoms in total. The van der Waals surface area contributed by atoms with E-state index in [0.717, 1.165) is 12.8 Å². The number of nitrogens with one attached hydrogen (secondary N) is 2. The summed E-state index contributed by atoms with van der Waals surface area (Å²) in [5.74, 6) is 1.21. The van der Waals surface area contributed by atoms with Gasteiger partial charge in [-0.3, -0.25) is 14.2 Å². The molecule has 1 aliphatic heterocycles. The molecule has 2 aromatic rings. The van der Waals surface area contributed by atoms with Crippen LogP contribution in [0, 0.1) is 4.77 Å². The van der Waals surface area contributed by atoms with Gasteiger partial charge in [0.15, 0.2) is 16.3 Å². The fourth-order valence-corrected chi connectivity index (χ4v) is 4.07. The molecule has 0 spiro atoms. The van der Waals surface area contributed by atoms with Gasteiger partial charge in [-0.05, 0) is 37.5 Å². The van der Waals surface area contributed by atoms with Crippen molar-refractivity contribution < 1.29 is 14.3 Å². The predicted molar refractivity (Wildman–Crippen MR) is 104 cm³/mol. The number of H-pyrrole nitrogens is 1. The predicted octanol–water partition coefficient (Wildman–Crippen LogP) is 3.02. The Morgan fingerprint density at radius 3 is 2.74 bits per heavy atom. The second-order valence-corrected chi connectivity index (χ2v) is 7.53. The van der Waals surface area contributed by atoms with E-state index in [1.165, 1.54) is 23.8 Å². The van der Waals surface area contributed by atoms with Crippen LogP contribution in [0.15, 0.2) is 16.9 Å². The van der Waals surface area contributed by atoms with Gasteiger partial charge in [0.1, 0.15) is 0 Å². The topological polar surface area (TPSA) is 85.4 Å². The molecule has 2 aliphatic rings. The summed E-state index contributed by atoms with van der Waals surface area (Å²) in [6.45, 7) is 0.549. The van der Waals surface area contributed by atoms with Gasteiger partial charge < -0.3 is 19.8 Å². The lowest BCUT2D eigenvalue weighted by molar-refractivity contribution is -0.122. The summed E-state index contributed by atoms with van der Waals surface area (Å²) < 4.78 is 12.5. The highest BCUT2D eigenvalue weighted by Crippen LogP contribution is 2.34. The molecule has 1 aromatic carbocycles. The molecule has 27 heavy (non-hydrogen) atoms. The molecule has 1 amide bonds. The fraction of sp³-hybridized carbons (Fsp3) is 0.526. The minimum absolute atomic E-state index is 0.0500. The van der Waals surface area contributed by atoms with E-state index in [9.17, 15) is 9.59 Å². The zero-order valence-corrected chi connectivity index (χ0v) is 15.9. The zero-order valence-electron chi connectivity index (χ0n) is 15.1. The Morgan fingerprint density at radius 2 is 1.96 bits per heavy atom. The van der Waals surface area contributed by atoms with Crippen molar-refractivity contribution in [2.24, 2.45) is 0 Å². The average Bonchev–Trinajstić information content (AvgIpc) is 3.11. The Hall–Kier alpha value is -2.35. The van der Waals surface area contributed by atoms with Crippen LogP contribution in [0.4, 0.5) is 0 Å². The van der Waals surface area contributed by atoms with E-state index in [1.807, 2.05) is 0 Å². The van der Waals surface area contributed by atoms with Crippen molar-refractivity contribution >= 4 is 29.0 Å². The van der Waals surface area contributed by atoms with Crippen LogP contribution in [0.2, 0.25) is 0 Å². The second-order valence-electron chi connectivity index (χ2n) is 7.14. The molecular formula is C19H23N3O4S. The molecule has 1 fully saturated rings. The number of nitrogens with zero attached hydrogens (tertiary/aromatic N) is 1. The molecule has 0 saturated heterocycles. The van der Waals surface area contributed by atoms with Crippen LogP contribution in [-0.4, -0.2) is 28.3 Å². The quantitative estimate of drug-likeness (QED) is 0.768. The van der Waals surface area contributed by atoms with Crippen molar-refractivity contribution in [3.63, 3.8) is 0 Å². The Labute approximate surface area is 161 Å². The molecule has 1 aromatic heterocycles. The number of ether oxygens (including phenoxy) is 2. The number of aromatic nitrogens is 2. The highest BCUT2D eigenvalue weighted by molar-refractivity contribution is 7.71. The largest absolute Gasteiger partial charge is 0.454 e. The molecule has 0 radical (unpaired) electrons. The Balaban J connectivity index is 1.44. The molecule has 1 saturated carbocycles. The van der Waals surface area contributed by atoms with Crippen molar-refractivity contribution in [1.82, 2.24) is 14.9 Å². The molecule has 8 heteroatoms. The summed E-state index contributed by atoms with van der Waals surface area (Å²) in [4.78, 5) is 28.0. The Bertz CT molecular complexity index is 975. The molecule has 2 N–H and O–H groups in total. The first-order valence-corrected chi connectivity index (χ1v) is 9.88. The molecule has 1 aliphatic carbocycles. The van der Waals surface area contributed by atoms with Gasteiger partial charge in [-0.25, -0.2) is 0 Å². The summed E-state index contributed by atoms with van der Waals surface area (Å²) in [7, 11) is 0. The number of fused-ring (bicyclic) bond motifs is 2. The maximum atomic E-state index is 12.8. The fourth-order valence-electron chi connectivity index (χ4n) is 3.79. The number of carbonyl (C=O) groups excluding carboxylic acids is 1. The zero-order chi connectivity index (χ0) is 18.8. The highest BCUT2D eigenvalue weighted by Gasteiger charge is 2.18. The van der Waals surface area contributed by atoms with E-state index in [-0.39, 0.29) is 18.3 Å². The van der Waals surface area contributed by atoms with E-state index in [1.54, 1.807) is 12.1 Å². The number of amides is 1. The Morgan fingerprint density at radius 1 is 1.22 bits per heavy atom. The van der Waals surface area contributed by atoms with Crippen LogP contribution >= 0.6 is 12.2 Å². The normalized spacial score (nSPS) is 16.6. The smallest absolute Gasteiger partial charge is 0.262 e. The first-order valence-electron chi connectivity index (χ1n) is 9.47. The lowest BCUT2D eigenvalue weighted by Crippen LogP contribution is -2.36. The van der Waals surface area contributed by atoms with Crippen LogP contribution < -0.4 is 20.3 Å². The van der Waals surface area contributed by atoms with Crippen molar-refractivity contribution in [3.8, 4) is 11.5 Å². The van der Waals surface area contributed by atoms with Gasteiger partial charge in [-0.1, -0.05) is 19.3 Å². The van der Waals surface area contributed by atoms with Crippen LogP contribution in [0.25, 0.3) is 10.9 Å². The number of benzene rings is 1. The molecule has 0 unspecified atom stereocenters. The van der Waals surface area contributed by atoms with Crippen LogP contribution in [0.3, 0.4) is 0 Å². The number of hydrogen-bond donors (Lipinski definition) is 2. The van der Waals surface area contributed by atoms with Crippen molar-refractivity contribution in [1.29, 1.82) is 0 Å². The number of carbonyl (C=O) groups is 1. The van der Waals surface area contributed by atoms with Crippen LogP contribution in [0.1, 0.15) is 44.9 Å². The highest BCUT2D eigenvalue weighted by atomic mass is 32.1. The number of hydrogen-bond acceptors (Lipinski definition) is 5. The maximum absolute atomic E-state index is 12.8. The van der Waals surface area contributed by atoms with Crippen molar-refractivity contribution in [2.45, 2.75) is 57.5 Å². The van der Waals surface area contributed by atoms with Gasteiger partial charge in [-0.2, -0.15) is 0 Å². The first-order chi connectivity index (χ1) is 13.1. The van der Waals surface area contributed by atoms with Crippen LogP contribution in [-0.2, 0) is 11.3 Å². The van der Waals surface area contributed by atoms with E-state index in [0.29, 0.717) is 52.6 Å². The monoisotopic (exact) mass is 389 g/mol. The summed E-state index contributed by atoms with van der Waals surface area (Å²) in [5.41, 5.74) is 0.445. The van der Waals surface area contributed by atoms with E-state index in [4.69, 9.17) is 21.7 Å². The summed E-state index contributed by atoms with van der Waals surface area (Å²) in [6, 6.07) is 3.72. The van der Waals surface area contributed by atoms with Crippen molar-refractivity contribution in [3.05, 3.63) is 27.3 Å². The van der Waals surface area contributed by atoms with E-state index < -0.39 is 0 Å². The Kier molecular flexibility index (Phi) is 5.15. The minimum atomic E-state index is -0.181. The number of rotatable bonds is 5. The third kappa shape index (κ3) is 3.85. The summed E-state index contributed by atoms with van der Waals surface area (Å²) in [5, 5.41) is 3.60. The molecule has 2 heterocycles. The van der Waals surface area contributed by atoms with Crippen LogP contribution in [0.5, 0.6) is 11.5 Å². The summed E-state index contributed by atoms with van der Waals surface area (Å²) >= 11 is 5.34. The van der Waals surface area contributed by atoms with Gasteiger partial charge in [0, 0.05) is 25.1 Å². The van der Waals surface area contributed by atoms with E-state index >= 15 is 0 Å². The SMILES string of the molecule is O=C(CCCn1c(=S)[nH]c2cc3c(cc2c1=O)OCO3)NC1CCCCC1. The van der Waals surface area contributed by atoms with Gasteiger partial charge in [0.2, 0.25) is 12.7 Å². The molecule has 4 rings (SSSR count). The third-order valence-corrected chi connectivity index (χ3v) is 5.55. The van der Waals surface area contributed by atoms with Crippen molar-refractivity contribution in [2.75, 3.05) is 6.79 Å². The third-order valence-electron chi connectivity index (χ3n) is 5.23. The molecule has 0 bridgehead atoms.